The van der Waals surface area contributed by atoms with Crippen LogP contribution in [0.15, 0.2) is 0 Å². The number of carbonyl (C=O) groups excluding carboxylic acids is 1. The monoisotopic (exact) mass is 242 g/mol. The molecule has 0 aromatic rings. The van der Waals surface area contributed by atoms with Crippen molar-refractivity contribution in [3.05, 3.63) is 0 Å². The van der Waals surface area contributed by atoms with Crippen LogP contribution in [0.3, 0.4) is 0 Å². The molecule has 1 rings (SSSR count). The fraction of sp³-hybridized carbons (Fsp3) is 0.929. The molecule has 0 radical (unpaired) electrons. The van der Waals surface area contributed by atoms with Crippen LogP contribution in [0.1, 0.15) is 59.8 Å². The summed E-state index contributed by atoms with van der Waals surface area (Å²) in [6.45, 7) is 8.80. The van der Waals surface area contributed by atoms with Gasteiger partial charge >= 0.3 is 5.97 Å². The Bertz CT molecular complexity index is 267. The lowest BCUT2D eigenvalue weighted by molar-refractivity contribution is -0.166. The Hall–Kier alpha value is -0.570. The Kier molecular flexibility index (Phi) is 4.59. The predicted octanol–water partition coefficient (Wildman–Crippen LogP) is 2.91. The highest BCUT2D eigenvalue weighted by Crippen LogP contribution is 2.40. The molecule has 0 spiro atoms. The summed E-state index contributed by atoms with van der Waals surface area (Å²) < 4.78 is 4.97. The molecule has 17 heavy (non-hydrogen) atoms. The van der Waals surface area contributed by atoms with Crippen molar-refractivity contribution in [3.8, 4) is 0 Å². The smallest absolute Gasteiger partial charge is 0.338 e. The Morgan fingerprint density at radius 2 is 2.00 bits per heavy atom. The third-order valence-electron chi connectivity index (χ3n) is 3.93. The molecule has 2 unspecified atom stereocenters. The van der Waals surface area contributed by atoms with Gasteiger partial charge in [0.15, 0.2) is 5.60 Å². The van der Waals surface area contributed by atoms with Crippen molar-refractivity contribution < 1.29 is 14.6 Å². The summed E-state index contributed by atoms with van der Waals surface area (Å²) in [7, 11) is 0. The molecule has 1 aliphatic rings. The molecule has 0 aromatic carbocycles. The maximum Gasteiger partial charge on any atom is 0.338 e. The summed E-state index contributed by atoms with van der Waals surface area (Å²) >= 11 is 0. The summed E-state index contributed by atoms with van der Waals surface area (Å²) in [5.74, 6) is 0.139. The van der Waals surface area contributed by atoms with E-state index >= 15 is 0 Å². The number of esters is 1. The molecule has 2 atom stereocenters. The second-order valence-corrected chi connectivity index (χ2v) is 6.25. The summed E-state index contributed by atoms with van der Waals surface area (Å²) in [6, 6.07) is 0. The average molecular weight is 242 g/mol. The summed E-state index contributed by atoms with van der Waals surface area (Å²) in [5.41, 5.74) is -0.990. The Balaban J connectivity index is 2.66. The predicted molar refractivity (Wildman–Crippen MR) is 67.6 cm³/mol. The van der Waals surface area contributed by atoms with Crippen LogP contribution in [-0.4, -0.2) is 23.3 Å². The second-order valence-electron chi connectivity index (χ2n) is 6.25. The third kappa shape index (κ3) is 3.70. The zero-order valence-electron chi connectivity index (χ0n) is 11.6. The normalized spacial score (nSPS) is 30.8. The fourth-order valence-electron chi connectivity index (χ4n) is 2.66. The van der Waals surface area contributed by atoms with E-state index in [0.717, 1.165) is 19.3 Å². The second kappa shape index (κ2) is 5.38. The highest BCUT2D eigenvalue weighted by Gasteiger charge is 2.41. The minimum absolute atomic E-state index is 0.250. The average Bonchev–Trinajstić information content (AvgIpc) is 2.41. The Labute approximate surface area is 105 Å². The van der Waals surface area contributed by atoms with E-state index in [0.29, 0.717) is 25.4 Å². The first-order valence-corrected chi connectivity index (χ1v) is 6.69. The molecule has 0 amide bonds. The van der Waals surface area contributed by atoms with Crippen molar-refractivity contribution >= 4 is 5.97 Å². The molecule has 1 N–H and O–H groups in total. The van der Waals surface area contributed by atoms with Crippen molar-refractivity contribution in [2.24, 2.45) is 11.3 Å². The van der Waals surface area contributed by atoms with Gasteiger partial charge in [-0.15, -0.1) is 0 Å². The molecule has 1 fully saturated rings. The molecular formula is C14H26O3. The molecule has 0 saturated heterocycles. The molecule has 0 heterocycles. The standard InChI is InChI=1S/C14H26O3/c1-5-17-12(15)14(16)9-6-7-11(8-10-14)13(2,3)4/h11,16H,5-10H2,1-4H3. The number of aliphatic hydroxyl groups is 1. The van der Waals surface area contributed by atoms with E-state index in [4.69, 9.17) is 4.74 Å². The molecule has 100 valence electrons. The summed E-state index contributed by atoms with van der Waals surface area (Å²) in [6.07, 6.45) is 3.97. The fourth-order valence-corrected chi connectivity index (χ4v) is 2.66. The molecule has 1 saturated carbocycles. The Morgan fingerprint density at radius 3 is 2.53 bits per heavy atom. The zero-order chi connectivity index (χ0) is 13.1. The van der Waals surface area contributed by atoms with Crippen LogP contribution in [0.5, 0.6) is 0 Å². The minimum atomic E-state index is -1.24. The summed E-state index contributed by atoms with van der Waals surface area (Å²) in [4.78, 5) is 11.8. The molecule has 3 heteroatoms. The van der Waals surface area contributed by atoms with Gasteiger partial charge < -0.3 is 9.84 Å². The molecule has 1 aliphatic carbocycles. The van der Waals surface area contributed by atoms with Gasteiger partial charge in [0.25, 0.3) is 0 Å². The first-order valence-electron chi connectivity index (χ1n) is 6.69. The van der Waals surface area contributed by atoms with Crippen LogP contribution >= 0.6 is 0 Å². The zero-order valence-corrected chi connectivity index (χ0v) is 11.6. The quantitative estimate of drug-likeness (QED) is 0.598. The van der Waals surface area contributed by atoms with Crippen LogP contribution in [0, 0.1) is 11.3 Å². The van der Waals surface area contributed by atoms with E-state index in [1.54, 1.807) is 6.92 Å². The first-order chi connectivity index (χ1) is 7.79. The van der Waals surface area contributed by atoms with E-state index < -0.39 is 11.6 Å². The topological polar surface area (TPSA) is 46.5 Å². The lowest BCUT2D eigenvalue weighted by Crippen LogP contribution is -2.39. The maximum atomic E-state index is 11.8. The minimum Gasteiger partial charge on any atom is -0.464 e. The van der Waals surface area contributed by atoms with Gasteiger partial charge in [-0.2, -0.15) is 0 Å². The van der Waals surface area contributed by atoms with Gasteiger partial charge in [0.2, 0.25) is 0 Å². The molecule has 0 aliphatic heterocycles. The molecule has 0 bridgehead atoms. The molecule has 0 aromatic heterocycles. The maximum absolute atomic E-state index is 11.8. The van der Waals surface area contributed by atoms with Crippen molar-refractivity contribution in [3.63, 3.8) is 0 Å². The van der Waals surface area contributed by atoms with Crippen molar-refractivity contribution in [1.82, 2.24) is 0 Å². The number of carbonyl (C=O) groups is 1. The number of ether oxygens (including phenoxy) is 1. The van der Waals surface area contributed by atoms with E-state index in [2.05, 4.69) is 20.8 Å². The Morgan fingerprint density at radius 1 is 1.35 bits per heavy atom. The van der Waals surface area contributed by atoms with Gasteiger partial charge in [0.1, 0.15) is 0 Å². The van der Waals surface area contributed by atoms with E-state index in [1.165, 1.54) is 0 Å². The lowest BCUT2D eigenvalue weighted by Gasteiger charge is -2.30. The van der Waals surface area contributed by atoms with Crippen molar-refractivity contribution in [2.45, 2.75) is 65.4 Å². The van der Waals surface area contributed by atoms with Crippen LogP contribution in [0.4, 0.5) is 0 Å². The highest BCUT2D eigenvalue weighted by molar-refractivity contribution is 5.79. The van der Waals surface area contributed by atoms with Crippen molar-refractivity contribution in [1.29, 1.82) is 0 Å². The van der Waals surface area contributed by atoms with Gasteiger partial charge in [-0.05, 0) is 50.4 Å². The van der Waals surface area contributed by atoms with Crippen LogP contribution in [0.25, 0.3) is 0 Å². The van der Waals surface area contributed by atoms with E-state index in [-0.39, 0.29) is 5.41 Å². The largest absolute Gasteiger partial charge is 0.464 e. The van der Waals surface area contributed by atoms with Crippen LogP contribution in [-0.2, 0) is 9.53 Å². The van der Waals surface area contributed by atoms with Gasteiger partial charge in [-0.3, -0.25) is 0 Å². The first kappa shape index (κ1) is 14.5. The highest BCUT2D eigenvalue weighted by atomic mass is 16.5. The number of rotatable bonds is 2. The van der Waals surface area contributed by atoms with Crippen LogP contribution < -0.4 is 0 Å². The van der Waals surface area contributed by atoms with E-state index in [1.807, 2.05) is 0 Å². The van der Waals surface area contributed by atoms with E-state index in [9.17, 15) is 9.90 Å². The molecular weight excluding hydrogens is 216 g/mol. The van der Waals surface area contributed by atoms with Gasteiger partial charge in [0.05, 0.1) is 6.61 Å². The third-order valence-corrected chi connectivity index (χ3v) is 3.93. The SMILES string of the molecule is CCOC(=O)C1(O)CCCC(C(C)(C)C)CC1. The van der Waals surface area contributed by atoms with Gasteiger partial charge in [-0.1, -0.05) is 20.8 Å². The summed E-state index contributed by atoms with van der Waals surface area (Å²) in [5, 5.41) is 10.4. The number of hydrogen-bond acceptors (Lipinski definition) is 3. The molecule has 3 nitrogen and oxygen atoms in total. The lowest BCUT2D eigenvalue weighted by atomic mass is 9.76. The van der Waals surface area contributed by atoms with Gasteiger partial charge in [-0.25, -0.2) is 4.79 Å². The van der Waals surface area contributed by atoms with Crippen molar-refractivity contribution in [2.75, 3.05) is 6.61 Å². The number of hydrogen-bond donors (Lipinski definition) is 1. The van der Waals surface area contributed by atoms with Crippen LogP contribution in [0.2, 0.25) is 0 Å². The van der Waals surface area contributed by atoms with Gasteiger partial charge in [0, 0.05) is 0 Å².